The van der Waals surface area contributed by atoms with Gasteiger partial charge in [0.15, 0.2) is 23.5 Å². The van der Waals surface area contributed by atoms with E-state index in [9.17, 15) is 33.6 Å². The Labute approximate surface area is 488 Å². The number of para-hydroxylation sites is 1. The van der Waals surface area contributed by atoms with Crippen LogP contribution in [0.2, 0.25) is 0 Å². The van der Waals surface area contributed by atoms with Crippen LogP contribution in [0.25, 0.3) is 10.9 Å². The van der Waals surface area contributed by atoms with Gasteiger partial charge in [0.05, 0.1) is 23.7 Å². The number of rotatable bonds is 30. The minimum atomic E-state index is -0.940. The van der Waals surface area contributed by atoms with Crippen LogP contribution < -0.4 is 4.84 Å². The number of esters is 1. The number of fused-ring (bicyclic) bond motifs is 1. The van der Waals surface area contributed by atoms with Crippen LogP contribution in [0, 0.1) is 58.7 Å². The molecule has 2 rings (SSSR count). The molecule has 0 radical (unpaired) electrons. The number of allylic oxidation sites excluding steroid dienone is 1. The first-order valence-corrected chi connectivity index (χ1v) is 30.2. The highest BCUT2D eigenvalue weighted by molar-refractivity contribution is 5.91. The van der Waals surface area contributed by atoms with Crippen molar-refractivity contribution in [2.24, 2.45) is 47.3 Å². The van der Waals surface area contributed by atoms with E-state index in [2.05, 4.69) is 48.1 Å². The highest BCUT2D eigenvalue weighted by Crippen LogP contribution is 2.27. The fourth-order valence-electron chi connectivity index (χ4n) is 9.26. The van der Waals surface area contributed by atoms with Crippen LogP contribution in [-0.4, -0.2) is 113 Å². The van der Waals surface area contributed by atoms with Crippen LogP contribution in [0.3, 0.4) is 0 Å². The maximum Gasteiger partial charge on any atom is 0.329 e. The molecule has 0 spiro atoms. The number of Topliss-reactive ketones (excluding diaryl/α,β-unsaturated/α-hetero) is 3. The fourth-order valence-corrected chi connectivity index (χ4v) is 9.26. The van der Waals surface area contributed by atoms with Crippen molar-refractivity contribution >= 4 is 51.9 Å². The van der Waals surface area contributed by atoms with Gasteiger partial charge >= 0.3 is 5.97 Å². The smallest absolute Gasteiger partial charge is 0.329 e. The molecular formula is C66H117N5O9. The second kappa shape index (κ2) is 45.3. The number of amides is 3. The van der Waals surface area contributed by atoms with E-state index in [4.69, 9.17) is 14.8 Å². The Balaban J connectivity index is -0.000000523. The number of hydrogen-bond donors (Lipinski definition) is 0. The Morgan fingerprint density at radius 1 is 0.675 bits per heavy atom. The van der Waals surface area contributed by atoms with Gasteiger partial charge in [-0.15, -0.1) is 6.58 Å². The Morgan fingerprint density at radius 3 is 1.64 bits per heavy atom. The first-order chi connectivity index (χ1) is 37.5. The van der Waals surface area contributed by atoms with Gasteiger partial charge in [-0.25, -0.2) is 4.79 Å². The monoisotopic (exact) mass is 1120 g/mol. The van der Waals surface area contributed by atoms with Gasteiger partial charge < -0.3 is 24.3 Å². The molecule has 0 fully saturated rings. The van der Waals surface area contributed by atoms with E-state index >= 15 is 0 Å². The van der Waals surface area contributed by atoms with Crippen molar-refractivity contribution in [2.45, 2.75) is 240 Å². The van der Waals surface area contributed by atoms with E-state index in [1.54, 1.807) is 56.6 Å². The third-order valence-corrected chi connectivity index (χ3v) is 13.9. The third-order valence-electron chi connectivity index (χ3n) is 13.9. The molecule has 2 aromatic rings. The Bertz CT molecular complexity index is 2120. The number of likely N-dealkylation sites (N-methyl/N-ethyl adjacent to an activating group) is 3. The lowest BCUT2D eigenvalue weighted by atomic mass is 9.90. The molecule has 1 heterocycles. The second-order valence-electron chi connectivity index (χ2n) is 22.1. The van der Waals surface area contributed by atoms with E-state index in [1.165, 1.54) is 31.1 Å². The molecule has 1 aromatic heterocycles. The Kier molecular flexibility index (Phi) is 46.0. The summed E-state index contributed by atoms with van der Waals surface area (Å²) in [6.07, 6.45) is 11.2. The second-order valence-corrected chi connectivity index (χ2v) is 22.1. The number of nitrogens with zero attached hydrogens (tertiary/aromatic N) is 5. The van der Waals surface area contributed by atoms with Gasteiger partial charge in [-0.1, -0.05) is 168 Å². The standard InChI is InChI=1S/C24H34N2O3.C18H30N2O4.C18H35NO2.3C2H6/c1-7-8-11-19(14-17(2)3)24(28)25(5)23(18(4)27)15-20-16-26(29-6)22-13-10-9-12-21(20)22;1-11(2)13(5)17(22)20(7)16(12(3)4)18(23)24-15(14(6)21)9-8-10-19;1-8-9-10-14(4)12-15(5)18(21)19(7)17(16(6)20)11-13(2)3;3*1-2/h7,9-10,12-13,16-17,19,23H,1,8,11,14-15H2,2-6H3;11-13,15-16H,8-9H2,1-7H3;13-15,17H,8-12H2,1-7H3;3*1-2H3. The topological polar surface area (TPSA) is 176 Å². The molecule has 8 atom stereocenters. The number of hydrogen-bond acceptors (Lipinski definition) is 10. The number of carbonyl (C=O) groups excluding carboxylic acids is 7. The lowest BCUT2D eigenvalue weighted by Gasteiger charge is -2.33. The van der Waals surface area contributed by atoms with Crippen molar-refractivity contribution in [3.05, 3.63) is 48.7 Å². The zero-order valence-electron chi connectivity index (χ0n) is 55.3. The van der Waals surface area contributed by atoms with E-state index in [-0.39, 0.29) is 83.5 Å². The molecule has 460 valence electrons. The number of ether oxygens (including phenoxy) is 1. The largest absolute Gasteiger partial charge is 0.453 e. The van der Waals surface area contributed by atoms with Crippen LogP contribution >= 0.6 is 0 Å². The van der Waals surface area contributed by atoms with Gasteiger partial charge in [0.2, 0.25) is 17.7 Å². The molecule has 0 bridgehead atoms. The minimum absolute atomic E-state index is 0.00383. The van der Waals surface area contributed by atoms with Gasteiger partial charge in [-0.05, 0) is 94.1 Å². The van der Waals surface area contributed by atoms with Crippen LogP contribution in [0.1, 0.15) is 215 Å². The zero-order chi connectivity index (χ0) is 63.2. The number of aromatic nitrogens is 1. The first kappa shape index (κ1) is 81.2. The van der Waals surface area contributed by atoms with Crippen molar-refractivity contribution in [3.63, 3.8) is 0 Å². The van der Waals surface area contributed by atoms with Crippen molar-refractivity contribution in [1.29, 1.82) is 5.26 Å². The SMILES string of the molecule is C=CCCC(CC(C)C)C(=O)N(C)C(Cc1cn(OC)c2ccccc12)C(C)=O.CC.CC.CC.CC(=O)C(CCC#N)OC(=O)C(C(C)C)N(C)C(=O)C(C)C(C)C.CCCCC(C)CC(C)C(=O)N(C)C(CC(C)C)C(C)=O. The number of benzene rings is 1. The van der Waals surface area contributed by atoms with Gasteiger partial charge in [0, 0.05) is 69.7 Å². The van der Waals surface area contributed by atoms with Crippen molar-refractivity contribution in [3.8, 4) is 6.07 Å². The highest BCUT2D eigenvalue weighted by Gasteiger charge is 2.36. The molecule has 0 N–H and O–H groups in total. The predicted molar refractivity (Wildman–Crippen MR) is 332 cm³/mol. The summed E-state index contributed by atoms with van der Waals surface area (Å²) in [4.78, 5) is 97.0. The molecule has 80 heavy (non-hydrogen) atoms. The van der Waals surface area contributed by atoms with Crippen molar-refractivity contribution in [2.75, 3.05) is 28.3 Å². The normalized spacial score (nSPS) is 13.6. The summed E-state index contributed by atoms with van der Waals surface area (Å²) in [7, 11) is 6.74. The van der Waals surface area contributed by atoms with Crippen LogP contribution in [-0.2, 0) is 44.7 Å². The fraction of sp³-hybridized carbons (Fsp3) is 0.727. The lowest BCUT2D eigenvalue weighted by molar-refractivity contribution is -0.165. The summed E-state index contributed by atoms with van der Waals surface area (Å²) in [6, 6.07) is 8.32. The first-order valence-electron chi connectivity index (χ1n) is 30.2. The molecule has 1 aromatic carbocycles. The molecule has 14 nitrogen and oxygen atoms in total. The lowest BCUT2D eigenvalue weighted by Crippen LogP contribution is -2.50. The van der Waals surface area contributed by atoms with E-state index in [1.807, 2.05) is 126 Å². The summed E-state index contributed by atoms with van der Waals surface area (Å²) in [5.74, 6) is 0.269. The van der Waals surface area contributed by atoms with Crippen molar-refractivity contribution in [1.82, 2.24) is 19.4 Å². The van der Waals surface area contributed by atoms with E-state index in [0.29, 0.717) is 24.2 Å². The number of carbonyl (C=O) groups is 7. The predicted octanol–water partition coefficient (Wildman–Crippen LogP) is 14.2. The molecule has 0 aliphatic carbocycles. The zero-order valence-corrected chi connectivity index (χ0v) is 55.3. The highest BCUT2D eigenvalue weighted by atomic mass is 16.6. The van der Waals surface area contributed by atoms with Gasteiger partial charge in [0.25, 0.3) is 0 Å². The average Bonchev–Trinajstić information content (AvgIpc) is 3.78. The minimum Gasteiger partial charge on any atom is -0.453 e. The summed E-state index contributed by atoms with van der Waals surface area (Å²) < 4.78 is 7.02. The molecule has 0 saturated carbocycles. The van der Waals surface area contributed by atoms with Crippen LogP contribution in [0.4, 0.5) is 0 Å². The molecule has 0 aliphatic heterocycles. The molecule has 14 heteroatoms. The van der Waals surface area contributed by atoms with Crippen LogP contribution in [0.5, 0.6) is 0 Å². The maximum absolute atomic E-state index is 13.3. The molecule has 3 amide bonds. The summed E-state index contributed by atoms with van der Waals surface area (Å²) in [5, 5.41) is 9.68. The molecule has 0 aliphatic rings. The molecule has 0 saturated heterocycles. The molecule has 8 unspecified atom stereocenters. The van der Waals surface area contributed by atoms with E-state index in [0.717, 1.165) is 48.6 Å². The quantitative estimate of drug-likeness (QED) is 0.0540. The average molecular weight is 1120 g/mol. The summed E-state index contributed by atoms with van der Waals surface area (Å²) >= 11 is 0. The Morgan fingerprint density at radius 2 is 1.20 bits per heavy atom. The van der Waals surface area contributed by atoms with Crippen LogP contribution in [0.15, 0.2) is 43.1 Å². The molecular weight excluding hydrogens is 1010 g/mol. The number of nitriles is 1. The summed E-state index contributed by atoms with van der Waals surface area (Å²) in [6.45, 7) is 44.5. The van der Waals surface area contributed by atoms with Gasteiger partial charge in [-0.2, -0.15) is 9.99 Å². The third kappa shape index (κ3) is 29.9. The van der Waals surface area contributed by atoms with Crippen molar-refractivity contribution < 1.29 is 43.1 Å². The summed E-state index contributed by atoms with van der Waals surface area (Å²) in [5.41, 5.74) is 1.94. The van der Waals surface area contributed by atoms with Gasteiger partial charge in [-0.3, -0.25) is 28.8 Å². The number of unbranched alkanes of at least 4 members (excludes halogenated alkanes) is 1. The van der Waals surface area contributed by atoms with Gasteiger partial charge in [0.1, 0.15) is 13.2 Å². The maximum atomic E-state index is 13.3. The van der Waals surface area contributed by atoms with E-state index < -0.39 is 24.2 Å². The number of ketones is 3. The Hall–Kier alpha value is -5.32.